The SMILES string of the molecule is COCCN1CCC(N2C(=O)SC(=Cc3ccc4c(cnn4Cc4ccc(Cl)cc4C(F)(F)F)c3)C2=O)CC1. The highest BCUT2D eigenvalue weighted by molar-refractivity contribution is 8.18. The third kappa shape index (κ3) is 6.01. The van der Waals surface area contributed by atoms with Gasteiger partial charge in [-0.2, -0.15) is 18.3 Å². The Balaban J connectivity index is 1.31. The average molecular weight is 579 g/mol. The van der Waals surface area contributed by atoms with Crippen LogP contribution in [0.15, 0.2) is 47.5 Å². The van der Waals surface area contributed by atoms with Crippen LogP contribution in [0.3, 0.4) is 0 Å². The maximum Gasteiger partial charge on any atom is 0.416 e. The molecule has 2 aromatic carbocycles. The van der Waals surface area contributed by atoms with Gasteiger partial charge in [0.2, 0.25) is 0 Å². The van der Waals surface area contributed by atoms with E-state index in [4.69, 9.17) is 16.3 Å². The van der Waals surface area contributed by atoms with Crippen LogP contribution in [0.1, 0.15) is 29.5 Å². The van der Waals surface area contributed by atoms with Crippen LogP contribution in [0.2, 0.25) is 5.02 Å². The first-order valence-corrected chi connectivity index (χ1v) is 13.6. The van der Waals surface area contributed by atoms with Crippen molar-refractivity contribution in [3.05, 3.63) is 69.2 Å². The molecule has 2 saturated heterocycles. The number of alkyl halides is 3. The van der Waals surface area contributed by atoms with Crippen LogP contribution >= 0.6 is 23.4 Å². The molecule has 2 aliphatic rings. The van der Waals surface area contributed by atoms with Gasteiger partial charge in [-0.05, 0) is 66.1 Å². The molecule has 0 unspecified atom stereocenters. The van der Waals surface area contributed by atoms with E-state index in [-0.39, 0.29) is 34.3 Å². The maximum absolute atomic E-state index is 13.5. The zero-order chi connectivity index (χ0) is 27.7. The van der Waals surface area contributed by atoms with Gasteiger partial charge in [0.1, 0.15) is 0 Å². The first-order valence-electron chi connectivity index (χ1n) is 12.4. The fourth-order valence-corrected chi connectivity index (χ4v) is 6.07. The van der Waals surface area contributed by atoms with Crippen molar-refractivity contribution in [1.29, 1.82) is 0 Å². The van der Waals surface area contributed by atoms with Gasteiger partial charge in [-0.25, -0.2) is 0 Å². The Bertz CT molecular complexity index is 1430. The van der Waals surface area contributed by atoms with Gasteiger partial charge in [-0.3, -0.25) is 19.2 Å². The van der Waals surface area contributed by atoms with Crippen molar-refractivity contribution in [3.63, 3.8) is 0 Å². The second kappa shape index (κ2) is 11.3. The molecular formula is C27H26ClF3N4O3S. The lowest BCUT2D eigenvalue weighted by atomic mass is 10.0. The molecule has 2 aliphatic heterocycles. The van der Waals surface area contributed by atoms with Gasteiger partial charge in [0.05, 0.1) is 35.3 Å². The van der Waals surface area contributed by atoms with Crippen LogP contribution in [-0.2, 0) is 22.3 Å². The molecule has 5 rings (SSSR count). The number of rotatable bonds is 7. The van der Waals surface area contributed by atoms with Crippen molar-refractivity contribution in [2.75, 3.05) is 33.4 Å². The summed E-state index contributed by atoms with van der Waals surface area (Å²) in [7, 11) is 1.66. The van der Waals surface area contributed by atoms with Gasteiger partial charge in [0, 0.05) is 43.2 Å². The van der Waals surface area contributed by atoms with E-state index in [0.29, 0.717) is 28.0 Å². The highest BCUT2D eigenvalue weighted by Crippen LogP contribution is 2.37. The molecule has 0 spiro atoms. The molecule has 0 radical (unpaired) electrons. The number of carbonyl (C=O) groups excluding carboxylic acids is 2. The number of hydrogen-bond acceptors (Lipinski definition) is 6. The summed E-state index contributed by atoms with van der Waals surface area (Å²) in [5, 5.41) is 4.73. The first kappa shape index (κ1) is 27.7. The van der Waals surface area contributed by atoms with Crippen LogP contribution in [-0.4, -0.2) is 70.1 Å². The number of halogens is 4. The average Bonchev–Trinajstić information content (AvgIpc) is 3.42. The molecule has 7 nitrogen and oxygen atoms in total. The summed E-state index contributed by atoms with van der Waals surface area (Å²) in [6.45, 7) is 2.99. The van der Waals surface area contributed by atoms with Gasteiger partial charge < -0.3 is 9.64 Å². The molecule has 0 saturated carbocycles. The van der Waals surface area contributed by atoms with Crippen LogP contribution in [0.5, 0.6) is 0 Å². The van der Waals surface area contributed by atoms with Crippen molar-refractivity contribution in [2.45, 2.75) is 31.6 Å². The number of methoxy groups -OCH3 is 1. The van der Waals surface area contributed by atoms with Crippen molar-refractivity contribution < 1.29 is 27.5 Å². The van der Waals surface area contributed by atoms with E-state index in [1.165, 1.54) is 21.7 Å². The Hall–Kier alpha value is -2.86. The number of benzene rings is 2. The number of aromatic nitrogens is 2. The molecule has 2 fully saturated rings. The van der Waals surface area contributed by atoms with E-state index >= 15 is 0 Å². The first-order chi connectivity index (χ1) is 18.6. The molecule has 0 bridgehead atoms. The summed E-state index contributed by atoms with van der Waals surface area (Å²) in [6.07, 6.45) is 0.156. The second-order valence-electron chi connectivity index (χ2n) is 9.54. The second-order valence-corrected chi connectivity index (χ2v) is 11.0. The Morgan fingerprint density at radius 2 is 1.92 bits per heavy atom. The lowest BCUT2D eigenvalue weighted by Crippen LogP contribution is -2.47. The number of thioether (sulfide) groups is 1. The number of nitrogens with zero attached hydrogens (tertiary/aromatic N) is 4. The molecule has 3 heterocycles. The number of likely N-dealkylation sites (tertiary alicyclic amines) is 1. The van der Waals surface area contributed by atoms with Crippen LogP contribution in [0.25, 0.3) is 17.0 Å². The van der Waals surface area contributed by atoms with Crippen LogP contribution in [0.4, 0.5) is 18.0 Å². The minimum absolute atomic E-state index is 0.0120. The molecule has 1 aromatic heterocycles. The molecule has 0 aliphatic carbocycles. The lowest BCUT2D eigenvalue weighted by Gasteiger charge is -2.35. The smallest absolute Gasteiger partial charge is 0.383 e. The standard InChI is InChI=1S/C27H26ClF3N4O3S/c1-38-11-10-33-8-6-21(7-9-33)35-25(36)24(39-26(35)37)13-17-2-5-23-19(12-17)15-32-34(23)16-18-3-4-20(28)14-22(18)27(29,30)31/h2-5,12-15,21H,6-11,16H2,1H3. The quantitative estimate of drug-likeness (QED) is 0.325. The highest BCUT2D eigenvalue weighted by atomic mass is 35.5. The zero-order valence-corrected chi connectivity index (χ0v) is 22.7. The van der Waals surface area contributed by atoms with E-state index in [1.807, 2.05) is 0 Å². The number of piperidine rings is 1. The predicted molar refractivity (Wildman–Crippen MR) is 144 cm³/mol. The Morgan fingerprint density at radius 1 is 1.15 bits per heavy atom. The number of ether oxygens (including phenoxy) is 1. The summed E-state index contributed by atoms with van der Waals surface area (Å²) in [4.78, 5) is 29.9. The summed E-state index contributed by atoms with van der Waals surface area (Å²) in [5.74, 6) is -0.293. The molecule has 0 atom stereocenters. The summed E-state index contributed by atoms with van der Waals surface area (Å²) in [6, 6.07) is 8.87. The molecule has 3 aromatic rings. The molecular weight excluding hydrogens is 553 g/mol. The Kier molecular flexibility index (Phi) is 8.04. The monoisotopic (exact) mass is 578 g/mol. The van der Waals surface area contributed by atoms with E-state index in [1.54, 1.807) is 37.6 Å². The molecule has 12 heteroatoms. The number of amides is 2. The molecule has 206 valence electrons. The summed E-state index contributed by atoms with van der Waals surface area (Å²) < 4.78 is 47.2. The van der Waals surface area contributed by atoms with Crippen LogP contribution in [0, 0.1) is 0 Å². The van der Waals surface area contributed by atoms with Crippen molar-refractivity contribution in [3.8, 4) is 0 Å². The Morgan fingerprint density at radius 3 is 2.64 bits per heavy atom. The minimum Gasteiger partial charge on any atom is -0.383 e. The largest absolute Gasteiger partial charge is 0.416 e. The number of imide groups is 1. The number of fused-ring (bicyclic) bond motifs is 1. The Labute approximate surface area is 232 Å². The lowest BCUT2D eigenvalue weighted by molar-refractivity contribution is -0.138. The van der Waals surface area contributed by atoms with E-state index in [2.05, 4.69) is 10.00 Å². The van der Waals surface area contributed by atoms with Crippen molar-refractivity contribution in [1.82, 2.24) is 19.6 Å². The third-order valence-electron chi connectivity index (χ3n) is 7.02. The van der Waals surface area contributed by atoms with E-state index in [0.717, 1.165) is 50.3 Å². The van der Waals surface area contributed by atoms with Gasteiger partial charge in [0.15, 0.2) is 0 Å². The van der Waals surface area contributed by atoms with Gasteiger partial charge in [-0.1, -0.05) is 23.7 Å². The normalized spacial score (nSPS) is 18.7. The number of carbonyl (C=O) groups is 2. The van der Waals surface area contributed by atoms with Gasteiger partial charge >= 0.3 is 6.18 Å². The molecule has 39 heavy (non-hydrogen) atoms. The molecule has 2 amide bonds. The zero-order valence-electron chi connectivity index (χ0n) is 21.1. The number of hydrogen-bond donors (Lipinski definition) is 0. The maximum atomic E-state index is 13.5. The van der Waals surface area contributed by atoms with Gasteiger partial charge in [-0.15, -0.1) is 0 Å². The van der Waals surface area contributed by atoms with Gasteiger partial charge in [0.25, 0.3) is 11.1 Å². The fraction of sp³-hybridized carbons (Fsp3) is 0.370. The topological polar surface area (TPSA) is 67.7 Å². The molecule has 0 N–H and O–H groups in total. The fourth-order valence-electron chi connectivity index (χ4n) is 5.00. The van der Waals surface area contributed by atoms with E-state index < -0.39 is 11.7 Å². The third-order valence-corrected chi connectivity index (χ3v) is 8.14. The minimum atomic E-state index is -4.54. The van der Waals surface area contributed by atoms with Crippen molar-refractivity contribution in [2.24, 2.45) is 0 Å². The highest BCUT2D eigenvalue weighted by Gasteiger charge is 2.40. The summed E-state index contributed by atoms with van der Waals surface area (Å²) >= 11 is 6.73. The summed E-state index contributed by atoms with van der Waals surface area (Å²) in [5.41, 5.74) is 0.596. The van der Waals surface area contributed by atoms with Crippen molar-refractivity contribution >= 4 is 51.5 Å². The predicted octanol–water partition coefficient (Wildman–Crippen LogP) is 5.90. The van der Waals surface area contributed by atoms with Crippen LogP contribution < -0.4 is 0 Å². The van der Waals surface area contributed by atoms with E-state index in [9.17, 15) is 22.8 Å².